The molecular formula is C14H21N5. The van der Waals surface area contributed by atoms with Gasteiger partial charge in [0, 0.05) is 5.54 Å². The topological polar surface area (TPSA) is 55.6 Å². The third-order valence-corrected chi connectivity index (χ3v) is 2.76. The minimum atomic E-state index is 0.0410. The van der Waals surface area contributed by atoms with Gasteiger partial charge >= 0.3 is 0 Å². The Kier molecular flexibility index (Phi) is 3.66. The molecule has 0 saturated heterocycles. The predicted molar refractivity (Wildman–Crippen MR) is 75.2 cm³/mol. The van der Waals surface area contributed by atoms with Crippen molar-refractivity contribution in [1.29, 1.82) is 0 Å². The van der Waals surface area contributed by atoms with Crippen molar-refractivity contribution in [3.05, 3.63) is 35.2 Å². The van der Waals surface area contributed by atoms with Crippen LogP contribution in [0.25, 0.3) is 5.69 Å². The SMILES string of the molecule is Cc1cc(C)cc(-n2nnnc2CNC(C)(C)C)c1. The summed E-state index contributed by atoms with van der Waals surface area (Å²) in [7, 11) is 0. The highest BCUT2D eigenvalue weighted by atomic mass is 15.5. The summed E-state index contributed by atoms with van der Waals surface area (Å²) in [6.45, 7) is 11.2. The summed E-state index contributed by atoms with van der Waals surface area (Å²) >= 11 is 0. The van der Waals surface area contributed by atoms with Crippen molar-refractivity contribution in [2.75, 3.05) is 0 Å². The van der Waals surface area contributed by atoms with Crippen molar-refractivity contribution >= 4 is 0 Å². The van der Waals surface area contributed by atoms with Gasteiger partial charge in [0.05, 0.1) is 12.2 Å². The smallest absolute Gasteiger partial charge is 0.170 e. The zero-order chi connectivity index (χ0) is 14.0. The van der Waals surface area contributed by atoms with Gasteiger partial charge in [-0.25, -0.2) is 0 Å². The van der Waals surface area contributed by atoms with E-state index >= 15 is 0 Å². The van der Waals surface area contributed by atoms with Crippen LogP contribution in [-0.2, 0) is 6.54 Å². The number of aromatic nitrogens is 4. The van der Waals surface area contributed by atoms with E-state index in [-0.39, 0.29) is 5.54 Å². The predicted octanol–water partition coefficient (Wildman–Crippen LogP) is 2.17. The number of hydrogen-bond acceptors (Lipinski definition) is 4. The monoisotopic (exact) mass is 259 g/mol. The lowest BCUT2D eigenvalue weighted by molar-refractivity contribution is 0.415. The third kappa shape index (κ3) is 3.61. The molecule has 1 heterocycles. The van der Waals surface area contributed by atoms with Crippen LogP contribution < -0.4 is 5.32 Å². The van der Waals surface area contributed by atoms with Gasteiger partial charge in [0.1, 0.15) is 0 Å². The van der Waals surface area contributed by atoms with Gasteiger partial charge in [0.15, 0.2) is 5.82 Å². The molecule has 0 unspecified atom stereocenters. The molecule has 0 aliphatic rings. The van der Waals surface area contributed by atoms with Crippen LogP contribution in [-0.4, -0.2) is 25.7 Å². The molecule has 1 aromatic heterocycles. The lowest BCUT2D eigenvalue weighted by atomic mass is 10.1. The fourth-order valence-corrected chi connectivity index (χ4v) is 1.93. The maximum absolute atomic E-state index is 4.09. The standard InChI is InChI=1S/C14H21N5/c1-10-6-11(2)8-12(7-10)19-13(16-17-18-19)9-15-14(3,4)5/h6-8,15H,9H2,1-5H3. The highest BCUT2D eigenvalue weighted by Gasteiger charge is 2.13. The van der Waals surface area contributed by atoms with Gasteiger partial charge in [0.25, 0.3) is 0 Å². The number of tetrazole rings is 1. The van der Waals surface area contributed by atoms with Crippen LogP contribution >= 0.6 is 0 Å². The fraction of sp³-hybridized carbons (Fsp3) is 0.500. The van der Waals surface area contributed by atoms with Gasteiger partial charge in [-0.1, -0.05) is 6.07 Å². The van der Waals surface area contributed by atoms with Gasteiger partial charge in [-0.3, -0.25) is 0 Å². The van der Waals surface area contributed by atoms with Crippen molar-refractivity contribution in [2.24, 2.45) is 0 Å². The summed E-state index contributed by atoms with van der Waals surface area (Å²) in [5, 5.41) is 15.4. The van der Waals surface area contributed by atoms with Gasteiger partial charge < -0.3 is 5.32 Å². The average Bonchev–Trinajstić information content (AvgIpc) is 2.72. The summed E-state index contributed by atoms with van der Waals surface area (Å²) < 4.78 is 1.79. The third-order valence-electron chi connectivity index (χ3n) is 2.76. The first-order chi connectivity index (χ1) is 8.85. The van der Waals surface area contributed by atoms with Gasteiger partial charge in [-0.05, 0) is 68.3 Å². The maximum atomic E-state index is 4.09. The second-order valence-electron chi connectivity index (χ2n) is 5.96. The summed E-state index contributed by atoms with van der Waals surface area (Å²) in [5.74, 6) is 0.819. The van der Waals surface area contributed by atoms with E-state index < -0.39 is 0 Å². The van der Waals surface area contributed by atoms with Crippen LogP contribution in [0.1, 0.15) is 37.7 Å². The molecule has 0 spiro atoms. The van der Waals surface area contributed by atoms with Crippen molar-refractivity contribution in [1.82, 2.24) is 25.5 Å². The summed E-state index contributed by atoms with van der Waals surface area (Å²) in [5.41, 5.74) is 3.47. The molecule has 0 amide bonds. The first-order valence-corrected chi connectivity index (χ1v) is 6.46. The first kappa shape index (κ1) is 13.7. The Hall–Kier alpha value is -1.75. The quantitative estimate of drug-likeness (QED) is 0.917. The molecule has 5 nitrogen and oxygen atoms in total. The van der Waals surface area contributed by atoms with Crippen molar-refractivity contribution in [3.8, 4) is 5.69 Å². The van der Waals surface area contributed by atoms with E-state index in [1.807, 2.05) is 0 Å². The number of aryl methyl sites for hydroxylation is 2. The summed E-state index contributed by atoms with van der Waals surface area (Å²) in [6, 6.07) is 6.31. The van der Waals surface area contributed by atoms with Crippen molar-refractivity contribution in [3.63, 3.8) is 0 Å². The fourth-order valence-electron chi connectivity index (χ4n) is 1.93. The maximum Gasteiger partial charge on any atom is 0.170 e. The second-order valence-corrected chi connectivity index (χ2v) is 5.96. The van der Waals surface area contributed by atoms with E-state index in [4.69, 9.17) is 0 Å². The van der Waals surface area contributed by atoms with E-state index in [0.29, 0.717) is 6.54 Å². The van der Waals surface area contributed by atoms with Gasteiger partial charge in [-0.2, -0.15) is 4.68 Å². The van der Waals surface area contributed by atoms with E-state index in [1.165, 1.54) is 11.1 Å². The van der Waals surface area contributed by atoms with E-state index in [9.17, 15) is 0 Å². The molecule has 0 aliphatic carbocycles. The molecule has 1 aromatic carbocycles. The van der Waals surface area contributed by atoms with Crippen LogP contribution in [0.3, 0.4) is 0 Å². The van der Waals surface area contributed by atoms with Crippen LogP contribution in [0.4, 0.5) is 0 Å². The molecule has 0 atom stereocenters. The molecule has 102 valence electrons. The first-order valence-electron chi connectivity index (χ1n) is 6.46. The zero-order valence-electron chi connectivity index (χ0n) is 12.2. The summed E-state index contributed by atoms with van der Waals surface area (Å²) in [6.07, 6.45) is 0. The molecule has 2 rings (SSSR count). The highest BCUT2D eigenvalue weighted by molar-refractivity contribution is 5.39. The van der Waals surface area contributed by atoms with Crippen LogP contribution in [0.15, 0.2) is 18.2 Å². The van der Waals surface area contributed by atoms with Crippen molar-refractivity contribution < 1.29 is 0 Å². The largest absolute Gasteiger partial charge is 0.305 e. The van der Waals surface area contributed by atoms with E-state index in [1.54, 1.807) is 4.68 Å². The van der Waals surface area contributed by atoms with Crippen LogP contribution in [0.5, 0.6) is 0 Å². The molecule has 0 fully saturated rings. The molecule has 19 heavy (non-hydrogen) atoms. The normalized spacial score (nSPS) is 11.8. The Labute approximate surface area is 114 Å². The van der Waals surface area contributed by atoms with Crippen molar-refractivity contribution in [2.45, 2.75) is 46.7 Å². The van der Waals surface area contributed by atoms with E-state index in [0.717, 1.165) is 11.5 Å². The molecule has 2 aromatic rings. The van der Waals surface area contributed by atoms with Crippen LogP contribution in [0.2, 0.25) is 0 Å². The Balaban J connectivity index is 2.28. The lowest BCUT2D eigenvalue weighted by Gasteiger charge is -2.20. The minimum Gasteiger partial charge on any atom is -0.305 e. The number of nitrogens with one attached hydrogen (secondary N) is 1. The lowest BCUT2D eigenvalue weighted by Crippen LogP contribution is -2.35. The molecule has 0 aliphatic heterocycles. The number of nitrogens with zero attached hydrogens (tertiary/aromatic N) is 4. The molecule has 0 saturated carbocycles. The molecule has 1 N–H and O–H groups in total. The number of rotatable bonds is 3. The average molecular weight is 259 g/mol. The minimum absolute atomic E-state index is 0.0410. The summed E-state index contributed by atoms with van der Waals surface area (Å²) in [4.78, 5) is 0. The van der Waals surface area contributed by atoms with Crippen LogP contribution in [0, 0.1) is 13.8 Å². The Morgan fingerprint density at radius 2 is 1.74 bits per heavy atom. The zero-order valence-corrected chi connectivity index (χ0v) is 12.2. The Morgan fingerprint density at radius 1 is 1.11 bits per heavy atom. The van der Waals surface area contributed by atoms with Gasteiger partial charge in [0.2, 0.25) is 0 Å². The Morgan fingerprint density at radius 3 is 2.32 bits per heavy atom. The highest BCUT2D eigenvalue weighted by Crippen LogP contribution is 2.14. The number of hydrogen-bond donors (Lipinski definition) is 1. The second kappa shape index (κ2) is 5.09. The molecule has 0 bridgehead atoms. The molecule has 0 radical (unpaired) electrons. The Bertz CT molecular complexity index is 545. The van der Waals surface area contributed by atoms with Gasteiger partial charge in [-0.15, -0.1) is 5.10 Å². The molecule has 5 heteroatoms. The number of benzene rings is 1. The van der Waals surface area contributed by atoms with E-state index in [2.05, 4.69) is 73.7 Å². The molecular weight excluding hydrogens is 238 g/mol.